The van der Waals surface area contributed by atoms with Crippen molar-refractivity contribution in [2.45, 2.75) is 13.5 Å². The van der Waals surface area contributed by atoms with E-state index in [2.05, 4.69) is 20.8 Å². The van der Waals surface area contributed by atoms with Crippen LogP contribution in [0.1, 0.15) is 21.7 Å². The quantitative estimate of drug-likeness (QED) is 0.799. The van der Waals surface area contributed by atoms with Crippen molar-refractivity contribution in [1.82, 2.24) is 25.5 Å². The second-order valence-electron chi connectivity index (χ2n) is 5.03. The molecule has 2 aromatic carbocycles. The summed E-state index contributed by atoms with van der Waals surface area (Å²) in [6.45, 7) is 2.20. The molecule has 1 heterocycles. The highest BCUT2D eigenvalue weighted by Crippen LogP contribution is 2.13. The van der Waals surface area contributed by atoms with E-state index in [0.29, 0.717) is 16.4 Å². The van der Waals surface area contributed by atoms with Crippen molar-refractivity contribution in [3.8, 4) is 5.69 Å². The number of aromatic nitrogens is 4. The summed E-state index contributed by atoms with van der Waals surface area (Å²) >= 11 is 5.88. The van der Waals surface area contributed by atoms with Crippen LogP contribution in [-0.4, -0.2) is 26.1 Å². The molecule has 0 radical (unpaired) electrons. The summed E-state index contributed by atoms with van der Waals surface area (Å²) in [7, 11) is 0. The summed E-state index contributed by atoms with van der Waals surface area (Å²) in [4.78, 5) is 12.1. The Hall–Kier alpha value is -2.73. The first-order chi connectivity index (χ1) is 11.1. The zero-order valence-electron chi connectivity index (χ0n) is 12.4. The van der Waals surface area contributed by atoms with Crippen molar-refractivity contribution in [3.63, 3.8) is 0 Å². The Morgan fingerprint density at radius 2 is 1.83 bits per heavy atom. The van der Waals surface area contributed by atoms with Gasteiger partial charge in [-0.3, -0.25) is 4.79 Å². The predicted molar refractivity (Wildman–Crippen MR) is 86.5 cm³/mol. The zero-order valence-corrected chi connectivity index (χ0v) is 13.2. The number of nitrogens with zero attached hydrogens (tertiary/aromatic N) is 4. The summed E-state index contributed by atoms with van der Waals surface area (Å²) in [5.74, 6) is 0.364. The number of tetrazole rings is 1. The molecule has 1 N–H and O–H groups in total. The summed E-state index contributed by atoms with van der Waals surface area (Å²) in [5, 5.41) is 15.0. The zero-order chi connectivity index (χ0) is 16.2. The van der Waals surface area contributed by atoms with Crippen molar-refractivity contribution >= 4 is 17.5 Å². The second kappa shape index (κ2) is 6.58. The van der Waals surface area contributed by atoms with Crippen molar-refractivity contribution in [2.75, 3.05) is 0 Å². The fraction of sp³-hybridized carbons (Fsp3) is 0.125. The molecule has 23 heavy (non-hydrogen) atoms. The molecule has 0 aliphatic rings. The summed E-state index contributed by atoms with van der Waals surface area (Å²) in [6.07, 6.45) is 0. The minimum absolute atomic E-state index is 0.171. The lowest BCUT2D eigenvalue weighted by molar-refractivity contribution is 0.0949. The molecule has 3 rings (SSSR count). The van der Waals surface area contributed by atoms with Crippen molar-refractivity contribution in [2.24, 2.45) is 0 Å². The molecule has 6 nitrogen and oxygen atoms in total. The number of aryl methyl sites for hydroxylation is 1. The Kier molecular flexibility index (Phi) is 4.34. The van der Waals surface area contributed by atoms with Crippen molar-refractivity contribution in [1.29, 1.82) is 0 Å². The molecule has 0 fully saturated rings. The largest absolute Gasteiger partial charge is 0.345 e. The minimum Gasteiger partial charge on any atom is -0.345 e. The van der Waals surface area contributed by atoms with Crippen molar-refractivity contribution in [3.05, 3.63) is 70.5 Å². The third-order valence-electron chi connectivity index (χ3n) is 3.33. The fourth-order valence-electron chi connectivity index (χ4n) is 2.07. The van der Waals surface area contributed by atoms with E-state index in [1.54, 1.807) is 28.9 Å². The number of benzene rings is 2. The average Bonchev–Trinajstić information content (AvgIpc) is 3.02. The van der Waals surface area contributed by atoms with Gasteiger partial charge in [-0.1, -0.05) is 29.3 Å². The smallest absolute Gasteiger partial charge is 0.251 e. The highest BCUT2D eigenvalue weighted by molar-refractivity contribution is 6.30. The van der Waals surface area contributed by atoms with Crippen molar-refractivity contribution < 1.29 is 4.79 Å². The number of hydrogen-bond acceptors (Lipinski definition) is 4. The van der Waals surface area contributed by atoms with Gasteiger partial charge < -0.3 is 5.32 Å². The van der Waals surface area contributed by atoms with E-state index in [-0.39, 0.29) is 12.5 Å². The average molecular weight is 328 g/mol. The second-order valence-corrected chi connectivity index (χ2v) is 5.47. The Bertz CT molecular complexity index is 811. The Morgan fingerprint density at radius 3 is 2.52 bits per heavy atom. The molecule has 3 aromatic rings. The number of halogens is 1. The highest BCUT2D eigenvalue weighted by atomic mass is 35.5. The first kappa shape index (κ1) is 15.2. The molecule has 1 amide bonds. The number of carbonyl (C=O) groups excluding carboxylic acids is 1. The van der Waals surface area contributed by atoms with Gasteiger partial charge in [-0.25, -0.2) is 0 Å². The minimum atomic E-state index is -0.171. The lowest BCUT2D eigenvalue weighted by Gasteiger charge is -2.07. The molecule has 0 aliphatic carbocycles. The Morgan fingerprint density at radius 1 is 1.13 bits per heavy atom. The maximum Gasteiger partial charge on any atom is 0.251 e. The molecule has 0 saturated carbocycles. The van der Waals surface area contributed by atoms with E-state index in [4.69, 9.17) is 11.6 Å². The molecule has 1 aromatic heterocycles. The Balaban J connectivity index is 1.72. The fourth-order valence-corrected chi connectivity index (χ4v) is 2.19. The van der Waals surface area contributed by atoms with Crippen LogP contribution in [0.15, 0.2) is 48.5 Å². The van der Waals surface area contributed by atoms with Gasteiger partial charge >= 0.3 is 0 Å². The van der Waals surface area contributed by atoms with Gasteiger partial charge in [0, 0.05) is 10.6 Å². The maximum absolute atomic E-state index is 12.1. The van der Waals surface area contributed by atoms with Crippen LogP contribution in [0.4, 0.5) is 0 Å². The monoisotopic (exact) mass is 327 g/mol. The SMILES string of the molecule is Cc1ccc(C(=O)NCc2nnnn2-c2ccc(Cl)cc2)cc1. The van der Waals surface area contributed by atoms with Crippen LogP contribution >= 0.6 is 11.6 Å². The van der Waals surface area contributed by atoms with Gasteiger partial charge in [-0.15, -0.1) is 5.10 Å². The van der Waals surface area contributed by atoms with Gasteiger partial charge in [-0.2, -0.15) is 4.68 Å². The highest BCUT2D eigenvalue weighted by Gasteiger charge is 2.11. The number of nitrogens with one attached hydrogen (secondary N) is 1. The van der Waals surface area contributed by atoms with E-state index >= 15 is 0 Å². The molecule has 7 heteroatoms. The van der Waals surface area contributed by atoms with Crippen LogP contribution in [0.5, 0.6) is 0 Å². The molecule has 116 valence electrons. The molecular weight excluding hydrogens is 314 g/mol. The maximum atomic E-state index is 12.1. The van der Waals surface area contributed by atoms with E-state index in [9.17, 15) is 4.79 Å². The van der Waals surface area contributed by atoms with Crippen LogP contribution in [0.2, 0.25) is 5.02 Å². The van der Waals surface area contributed by atoms with Gasteiger partial charge in [-0.05, 0) is 53.7 Å². The molecular formula is C16H14ClN5O. The summed E-state index contributed by atoms with van der Waals surface area (Å²) in [5.41, 5.74) is 2.48. The first-order valence-electron chi connectivity index (χ1n) is 7.01. The van der Waals surface area contributed by atoms with E-state index < -0.39 is 0 Å². The number of hydrogen-bond donors (Lipinski definition) is 1. The third kappa shape index (κ3) is 3.54. The lowest BCUT2D eigenvalue weighted by Crippen LogP contribution is -2.24. The first-order valence-corrected chi connectivity index (χ1v) is 7.39. The van der Waals surface area contributed by atoms with E-state index in [1.807, 2.05) is 31.2 Å². The molecule has 0 unspecified atom stereocenters. The summed E-state index contributed by atoms with van der Waals surface area (Å²) in [6, 6.07) is 14.5. The lowest BCUT2D eigenvalue weighted by atomic mass is 10.1. The normalized spacial score (nSPS) is 10.5. The Labute approximate surface area is 138 Å². The third-order valence-corrected chi connectivity index (χ3v) is 3.58. The van der Waals surface area contributed by atoms with Crippen LogP contribution in [0.25, 0.3) is 5.69 Å². The molecule has 0 saturated heterocycles. The van der Waals surface area contributed by atoms with Gasteiger partial charge in [0.25, 0.3) is 5.91 Å². The van der Waals surface area contributed by atoms with Crippen LogP contribution in [0.3, 0.4) is 0 Å². The number of carbonyl (C=O) groups is 1. The van der Waals surface area contributed by atoms with E-state index in [1.165, 1.54) is 0 Å². The molecule has 0 atom stereocenters. The number of amides is 1. The standard InChI is InChI=1S/C16H14ClN5O/c1-11-2-4-12(5-3-11)16(23)18-10-15-19-20-21-22(15)14-8-6-13(17)7-9-14/h2-9H,10H2,1H3,(H,18,23). The molecule has 0 bridgehead atoms. The molecule has 0 spiro atoms. The van der Waals surface area contributed by atoms with Crippen LogP contribution < -0.4 is 5.32 Å². The van der Waals surface area contributed by atoms with Gasteiger partial charge in [0.1, 0.15) is 0 Å². The number of rotatable bonds is 4. The van der Waals surface area contributed by atoms with Crippen LogP contribution in [-0.2, 0) is 6.54 Å². The predicted octanol–water partition coefficient (Wildman–Crippen LogP) is 2.55. The van der Waals surface area contributed by atoms with Gasteiger partial charge in [0.2, 0.25) is 0 Å². The topological polar surface area (TPSA) is 72.7 Å². The van der Waals surface area contributed by atoms with Gasteiger partial charge in [0.05, 0.1) is 12.2 Å². The molecule has 0 aliphatic heterocycles. The van der Waals surface area contributed by atoms with E-state index in [0.717, 1.165) is 11.3 Å². The summed E-state index contributed by atoms with van der Waals surface area (Å²) < 4.78 is 1.56. The van der Waals surface area contributed by atoms with Gasteiger partial charge in [0.15, 0.2) is 5.82 Å². The van der Waals surface area contributed by atoms with Crippen LogP contribution in [0, 0.1) is 6.92 Å².